The average Bonchev–Trinajstić information content (AvgIpc) is 3.11. The van der Waals surface area contributed by atoms with Crippen molar-refractivity contribution in [1.82, 2.24) is 14.8 Å². The Hall–Kier alpha value is -1.69. The number of rotatable bonds is 4. The van der Waals surface area contributed by atoms with Crippen LogP contribution in [-0.2, 0) is 15.6 Å². The van der Waals surface area contributed by atoms with Crippen LogP contribution >= 0.6 is 0 Å². The van der Waals surface area contributed by atoms with Gasteiger partial charge in [0.1, 0.15) is 11.6 Å². The highest BCUT2D eigenvalue weighted by Gasteiger charge is 2.29. The minimum atomic E-state index is -3.10. The second kappa shape index (κ2) is 4.45. The molecule has 0 N–H and O–H groups in total. The van der Waals surface area contributed by atoms with Crippen LogP contribution in [0.2, 0.25) is 0 Å². The van der Waals surface area contributed by atoms with Crippen molar-refractivity contribution < 1.29 is 8.42 Å². The Kier molecular flexibility index (Phi) is 2.89. The number of benzene rings is 1. The first-order chi connectivity index (χ1) is 9.03. The number of sulfone groups is 1. The van der Waals surface area contributed by atoms with Crippen LogP contribution in [-0.4, -0.2) is 29.4 Å². The fourth-order valence-electron chi connectivity index (χ4n) is 2.01. The van der Waals surface area contributed by atoms with E-state index in [0.717, 1.165) is 18.4 Å². The maximum absolute atomic E-state index is 11.5. The topological polar surface area (TPSA) is 64.8 Å². The van der Waals surface area contributed by atoms with Crippen LogP contribution in [0.5, 0.6) is 0 Å². The van der Waals surface area contributed by atoms with E-state index in [0.29, 0.717) is 17.7 Å². The molecule has 1 fully saturated rings. The van der Waals surface area contributed by atoms with Crippen molar-refractivity contribution in [2.24, 2.45) is 0 Å². The van der Waals surface area contributed by atoms with Gasteiger partial charge in [-0.15, -0.1) is 0 Å². The molecule has 0 amide bonds. The zero-order valence-electron chi connectivity index (χ0n) is 10.7. The molecule has 0 atom stereocenters. The maximum Gasteiger partial charge on any atom is 0.181 e. The Balaban J connectivity index is 2.02. The molecule has 1 aromatic heterocycles. The van der Waals surface area contributed by atoms with Crippen LogP contribution in [0.25, 0.3) is 11.4 Å². The summed E-state index contributed by atoms with van der Waals surface area (Å²) in [5, 5.41) is 4.47. The molecule has 2 aromatic rings. The van der Waals surface area contributed by atoms with Crippen LogP contribution in [0.4, 0.5) is 0 Å². The molecule has 1 heterocycles. The Morgan fingerprint density at radius 2 is 1.95 bits per heavy atom. The van der Waals surface area contributed by atoms with Gasteiger partial charge in [0.05, 0.1) is 6.04 Å². The van der Waals surface area contributed by atoms with Crippen LogP contribution in [0.1, 0.15) is 24.7 Å². The summed E-state index contributed by atoms with van der Waals surface area (Å²) in [6, 6.07) is 9.95. The minimum absolute atomic E-state index is 0.0522. The largest absolute Gasteiger partial charge is 0.245 e. The lowest BCUT2D eigenvalue weighted by Crippen LogP contribution is -2.09. The van der Waals surface area contributed by atoms with Gasteiger partial charge in [-0.25, -0.2) is 18.1 Å². The molecule has 0 saturated heterocycles. The lowest BCUT2D eigenvalue weighted by Gasteiger charge is -2.01. The van der Waals surface area contributed by atoms with E-state index in [2.05, 4.69) is 10.1 Å². The maximum atomic E-state index is 11.5. The van der Waals surface area contributed by atoms with Crippen molar-refractivity contribution in [3.05, 3.63) is 36.2 Å². The highest BCUT2D eigenvalue weighted by molar-refractivity contribution is 7.89. The smallest absolute Gasteiger partial charge is 0.181 e. The minimum Gasteiger partial charge on any atom is -0.245 e. The third-order valence-corrected chi connectivity index (χ3v) is 3.80. The van der Waals surface area contributed by atoms with Crippen molar-refractivity contribution >= 4 is 9.84 Å². The standard InChI is InChI=1S/C13H15N3O2S/c1-19(17,18)9-12-14-13(10-5-3-2-4-6-10)15-16(12)11-7-8-11/h2-6,11H,7-9H2,1H3. The summed E-state index contributed by atoms with van der Waals surface area (Å²) >= 11 is 0. The number of nitrogens with zero attached hydrogens (tertiary/aromatic N) is 3. The van der Waals surface area contributed by atoms with Crippen LogP contribution in [0.15, 0.2) is 30.3 Å². The van der Waals surface area contributed by atoms with Crippen molar-refractivity contribution in [3.63, 3.8) is 0 Å². The fourth-order valence-corrected chi connectivity index (χ4v) is 2.68. The molecular formula is C13H15N3O2S. The second-order valence-corrected chi connectivity index (χ2v) is 7.10. The Morgan fingerprint density at radius 1 is 1.26 bits per heavy atom. The molecule has 3 rings (SSSR count). The van der Waals surface area contributed by atoms with Crippen molar-refractivity contribution in [2.75, 3.05) is 6.26 Å². The normalized spacial score (nSPS) is 15.6. The van der Waals surface area contributed by atoms with Gasteiger partial charge >= 0.3 is 0 Å². The molecule has 1 aromatic carbocycles. The monoisotopic (exact) mass is 277 g/mol. The summed E-state index contributed by atoms with van der Waals surface area (Å²) in [5.74, 6) is 1.10. The molecular weight excluding hydrogens is 262 g/mol. The van der Waals surface area contributed by atoms with Gasteiger partial charge in [-0.2, -0.15) is 5.10 Å². The molecule has 19 heavy (non-hydrogen) atoms. The molecule has 1 aliphatic carbocycles. The molecule has 100 valence electrons. The van der Waals surface area contributed by atoms with E-state index in [9.17, 15) is 8.42 Å². The van der Waals surface area contributed by atoms with Crippen molar-refractivity contribution in [1.29, 1.82) is 0 Å². The second-order valence-electron chi connectivity index (χ2n) is 4.96. The van der Waals surface area contributed by atoms with E-state index in [-0.39, 0.29) is 5.75 Å². The highest BCUT2D eigenvalue weighted by atomic mass is 32.2. The third-order valence-electron chi connectivity index (χ3n) is 3.02. The average molecular weight is 277 g/mol. The van der Waals surface area contributed by atoms with Gasteiger partial charge in [0.15, 0.2) is 15.7 Å². The van der Waals surface area contributed by atoms with Gasteiger partial charge in [0.25, 0.3) is 0 Å². The van der Waals surface area contributed by atoms with E-state index < -0.39 is 9.84 Å². The van der Waals surface area contributed by atoms with Crippen LogP contribution in [0.3, 0.4) is 0 Å². The summed E-state index contributed by atoms with van der Waals surface area (Å²) in [6.07, 6.45) is 3.32. The van der Waals surface area contributed by atoms with E-state index in [1.165, 1.54) is 6.26 Å². The summed E-state index contributed by atoms with van der Waals surface area (Å²) in [5.41, 5.74) is 0.914. The lowest BCUT2D eigenvalue weighted by molar-refractivity contribution is 0.585. The predicted octanol–water partition coefficient (Wildman–Crippen LogP) is 1.82. The van der Waals surface area contributed by atoms with E-state index >= 15 is 0 Å². The van der Waals surface area contributed by atoms with E-state index in [1.54, 1.807) is 4.68 Å². The highest BCUT2D eigenvalue weighted by Crippen LogP contribution is 2.36. The Labute approximate surface area is 112 Å². The number of hydrogen-bond acceptors (Lipinski definition) is 4. The molecule has 0 aliphatic heterocycles. The van der Waals surface area contributed by atoms with Gasteiger partial charge in [-0.1, -0.05) is 30.3 Å². The van der Waals surface area contributed by atoms with Gasteiger partial charge in [0, 0.05) is 11.8 Å². The van der Waals surface area contributed by atoms with Crippen molar-refractivity contribution in [3.8, 4) is 11.4 Å². The number of hydrogen-bond donors (Lipinski definition) is 0. The van der Waals surface area contributed by atoms with Crippen molar-refractivity contribution in [2.45, 2.75) is 24.6 Å². The molecule has 0 spiro atoms. The zero-order chi connectivity index (χ0) is 13.5. The summed E-state index contributed by atoms with van der Waals surface area (Å²) < 4.78 is 24.7. The SMILES string of the molecule is CS(=O)(=O)Cc1nc(-c2ccccc2)nn1C1CC1. The summed E-state index contributed by atoms with van der Waals surface area (Å²) in [6.45, 7) is 0. The number of aromatic nitrogens is 3. The van der Waals surface area contributed by atoms with Gasteiger partial charge in [0.2, 0.25) is 0 Å². The predicted molar refractivity (Wildman–Crippen MR) is 72.3 cm³/mol. The first-order valence-corrected chi connectivity index (χ1v) is 8.27. The van der Waals surface area contributed by atoms with Gasteiger partial charge in [-0.3, -0.25) is 0 Å². The first-order valence-electron chi connectivity index (χ1n) is 6.21. The van der Waals surface area contributed by atoms with E-state index in [1.807, 2.05) is 30.3 Å². The Bertz CT molecular complexity index is 688. The summed E-state index contributed by atoms with van der Waals surface area (Å²) in [4.78, 5) is 4.40. The summed E-state index contributed by atoms with van der Waals surface area (Å²) in [7, 11) is -3.10. The van der Waals surface area contributed by atoms with E-state index in [4.69, 9.17) is 0 Å². The molecule has 1 saturated carbocycles. The lowest BCUT2D eigenvalue weighted by atomic mass is 10.2. The quantitative estimate of drug-likeness (QED) is 0.855. The van der Waals surface area contributed by atoms with Crippen LogP contribution in [0, 0.1) is 0 Å². The molecule has 6 heteroatoms. The molecule has 0 bridgehead atoms. The van der Waals surface area contributed by atoms with Gasteiger partial charge in [-0.05, 0) is 12.8 Å². The fraction of sp³-hybridized carbons (Fsp3) is 0.385. The van der Waals surface area contributed by atoms with Crippen LogP contribution < -0.4 is 0 Å². The molecule has 5 nitrogen and oxygen atoms in total. The molecule has 0 unspecified atom stereocenters. The van der Waals surface area contributed by atoms with Gasteiger partial charge < -0.3 is 0 Å². The zero-order valence-corrected chi connectivity index (χ0v) is 11.5. The molecule has 1 aliphatic rings. The first kappa shape index (κ1) is 12.3. The Morgan fingerprint density at radius 3 is 2.53 bits per heavy atom. The third kappa shape index (κ3) is 2.84. The molecule has 0 radical (unpaired) electrons.